The van der Waals surface area contributed by atoms with Crippen LogP contribution in [0.3, 0.4) is 0 Å². The van der Waals surface area contributed by atoms with E-state index in [1.165, 1.54) is 12.8 Å². The van der Waals surface area contributed by atoms with E-state index >= 15 is 0 Å². The van der Waals surface area contributed by atoms with Crippen molar-refractivity contribution in [3.8, 4) is 0 Å². The summed E-state index contributed by atoms with van der Waals surface area (Å²) in [4.78, 5) is 13.8. The molecule has 0 aromatic carbocycles. The van der Waals surface area contributed by atoms with Crippen molar-refractivity contribution in [1.82, 2.24) is 15.5 Å². The first-order valence-corrected chi connectivity index (χ1v) is 7.22. The normalized spacial score (nSPS) is 20.4. The summed E-state index contributed by atoms with van der Waals surface area (Å²) in [5, 5.41) is 5.80. The highest BCUT2D eigenvalue weighted by molar-refractivity contribution is 5.73. The van der Waals surface area contributed by atoms with Gasteiger partial charge >= 0.3 is 6.03 Å². The van der Waals surface area contributed by atoms with Crippen LogP contribution in [0.5, 0.6) is 0 Å². The zero-order chi connectivity index (χ0) is 14.3. The van der Waals surface area contributed by atoms with Crippen LogP contribution in [0.2, 0.25) is 0 Å². The van der Waals surface area contributed by atoms with E-state index in [0.717, 1.165) is 19.4 Å². The van der Waals surface area contributed by atoms with Crippen molar-refractivity contribution in [3.63, 3.8) is 0 Å². The molecule has 0 unspecified atom stereocenters. The predicted molar refractivity (Wildman–Crippen MR) is 77.4 cm³/mol. The van der Waals surface area contributed by atoms with Gasteiger partial charge in [-0.25, -0.2) is 4.79 Å². The summed E-state index contributed by atoms with van der Waals surface area (Å²) in [5.74, 6) is 0. The number of nitrogens with zero attached hydrogens (tertiary/aromatic N) is 1. The lowest BCUT2D eigenvalue weighted by atomic mass is 10.0. The summed E-state index contributed by atoms with van der Waals surface area (Å²) >= 11 is 0. The molecule has 1 fully saturated rings. The maximum Gasteiger partial charge on any atom is 0.314 e. The van der Waals surface area contributed by atoms with Gasteiger partial charge in [0.25, 0.3) is 0 Å². The molecule has 0 radical (unpaired) electrons. The molecule has 0 bridgehead atoms. The number of carbonyl (C=O) groups is 1. The van der Waals surface area contributed by atoms with Crippen LogP contribution in [0.4, 0.5) is 4.79 Å². The predicted octanol–water partition coefficient (Wildman–Crippen LogP) is 1.58. The van der Waals surface area contributed by atoms with E-state index in [-0.39, 0.29) is 11.6 Å². The highest BCUT2D eigenvalue weighted by Crippen LogP contribution is 2.14. The van der Waals surface area contributed by atoms with Crippen LogP contribution >= 0.6 is 0 Å². The minimum absolute atomic E-state index is 0.0379. The topological polar surface area (TPSA) is 53.6 Å². The number of hydrogen-bond donors (Lipinski definition) is 2. The van der Waals surface area contributed by atoms with Gasteiger partial charge in [0.1, 0.15) is 0 Å². The van der Waals surface area contributed by atoms with Gasteiger partial charge in [-0.2, -0.15) is 0 Å². The number of amides is 2. The SMILES string of the molecule is CN(C)C(C)(C)CNC(=O)NCC[C@@H]1CCCCO1. The number of carbonyl (C=O) groups excluding carboxylic acids is 1. The Labute approximate surface area is 117 Å². The van der Waals surface area contributed by atoms with Crippen molar-refractivity contribution in [1.29, 1.82) is 0 Å². The van der Waals surface area contributed by atoms with Gasteiger partial charge in [-0.05, 0) is 53.6 Å². The Morgan fingerprint density at radius 2 is 2.05 bits per heavy atom. The summed E-state index contributed by atoms with van der Waals surface area (Å²) in [6.45, 7) is 6.38. The molecule has 5 nitrogen and oxygen atoms in total. The number of likely N-dealkylation sites (N-methyl/N-ethyl adjacent to an activating group) is 1. The minimum Gasteiger partial charge on any atom is -0.378 e. The Morgan fingerprint density at radius 3 is 2.63 bits per heavy atom. The molecule has 0 spiro atoms. The number of urea groups is 1. The minimum atomic E-state index is -0.0919. The van der Waals surface area contributed by atoms with Gasteiger partial charge in [0, 0.05) is 25.2 Å². The van der Waals surface area contributed by atoms with E-state index in [1.54, 1.807) is 0 Å². The number of rotatable bonds is 6. The van der Waals surface area contributed by atoms with Crippen molar-refractivity contribution in [2.24, 2.45) is 0 Å². The summed E-state index contributed by atoms with van der Waals surface area (Å²) in [7, 11) is 4.03. The number of hydrogen-bond acceptors (Lipinski definition) is 3. The molecule has 0 aromatic heterocycles. The van der Waals surface area contributed by atoms with E-state index < -0.39 is 0 Å². The van der Waals surface area contributed by atoms with Crippen LogP contribution in [0.25, 0.3) is 0 Å². The Bertz CT molecular complexity index is 274. The van der Waals surface area contributed by atoms with Crippen LogP contribution in [0.15, 0.2) is 0 Å². The quantitative estimate of drug-likeness (QED) is 0.771. The van der Waals surface area contributed by atoms with Gasteiger partial charge in [-0.15, -0.1) is 0 Å². The molecular weight excluding hydrogens is 242 g/mol. The second-order valence-corrected chi connectivity index (χ2v) is 6.09. The van der Waals surface area contributed by atoms with Gasteiger partial charge in [0.2, 0.25) is 0 Å². The van der Waals surface area contributed by atoms with Crippen molar-refractivity contribution < 1.29 is 9.53 Å². The standard InChI is InChI=1S/C14H29N3O2/c1-14(2,17(3)4)11-16-13(18)15-9-8-12-7-5-6-10-19-12/h12H,5-11H2,1-4H3,(H2,15,16,18)/t12-/m0/s1. The zero-order valence-corrected chi connectivity index (χ0v) is 12.8. The molecular formula is C14H29N3O2. The monoisotopic (exact) mass is 271 g/mol. The second kappa shape index (κ2) is 7.70. The first-order valence-electron chi connectivity index (χ1n) is 7.22. The molecule has 1 aliphatic rings. The Kier molecular flexibility index (Phi) is 6.58. The summed E-state index contributed by atoms with van der Waals surface area (Å²) in [6, 6.07) is -0.0919. The van der Waals surface area contributed by atoms with Crippen LogP contribution < -0.4 is 10.6 Å². The van der Waals surface area contributed by atoms with Crippen LogP contribution in [0.1, 0.15) is 39.5 Å². The summed E-state index contributed by atoms with van der Waals surface area (Å²) in [6.07, 6.45) is 4.77. The fourth-order valence-corrected chi connectivity index (χ4v) is 1.90. The molecule has 0 saturated carbocycles. The van der Waals surface area contributed by atoms with Crippen LogP contribution in [-0.4, -0.2) is 56.4 Å². The molecule has 1 atom stereocenters. The van der Waals surface area contributed by atoms with Crippen molar-refractivity contribution >= 4 is 6.03 Å². The summed E-state index contributed by atoms with van der Waals surface area (Å²) < 4.78 is 5.63. The third-order valence-electron chi connectivity index (χ3n) is 3.92. The van der Waals surface area contributed by atoms with Crippen LogP contribution in [-0.2, 0) is 4.74 Å². The second-order valence-electron chi connectivity index (χ2n) is 6.09. The van der Waals surface area contributed by atoms with Crippen molar-refractivity contribution in [2.45, 2.75) is 51.2 Å². The van der Waals surface area contributed by atoms with Gasteiger partial charge in [0.05, 0.1) is 6.10 Å². The molecule has 19 heavy (non-hydrogen) atoms. The Hall–Kier alpha value is -0.810. The molecule has 2 N–H and O–H groups in total. The maximum absolute atomic E-state index is 11.7. The van der Waals surface area contributed by atoms with Crippen molar-refractivity contribution in [3.05, 3.63) is 0 Å². The Morgan fingerprint density at radius 1 is 1.32 bits per heavy atom. The van der Waals surface area contributed by atoms with Gasteiger partial charge < -0.3 is 20.3 Å². The molecule has 0 aliphatic carbocycles. The van der Waals surface area contributed by atoms with E-state index in [1.807, 2.05) is 14.1 Å². The summed E-state index contributed by atoms with van der Waals surface area (Å²) in [5.41, 5.74) is -0.0379. The lowest BCUT2D eigenvalue weighted by Crippen LogP contribution is -2.50. The average Bonchev–Trinajstić information content (AvgIpc) is 2.37. The zero-order valence-electron chi connectivity index (χ0n) is 12.8. The Balaban J connectivity index is 2.10. The fraction of sp³-hybridized carbons (Fsp3) is 0.929. The van der Waals surface area contributed by atoms with E-state index in [0.29, 0.717) is 19.2 Å². The molecule has 1 rings (SSSR count). The van der Waals surface area contributed by atoms with E-state index in [2.05, 4.69) is 29.4 Å². The molecule has 5 heteroatoms. The first-order chi connectivity index (χ1) is 8.92. The van der Waals surface area contributed by atoms with E-state index in [4.69, 9.17) is 4.74 Å². The molecule has 0 aromatic rings. The first kappa shape index (κ1) is 16.2. The molecule has 2 amide bonds. The van der Waals surface area contributed by atoms with Crippen molar-refractivity contribution in [2.75, 3.05) is 33.8 Å². The lowest BCUT2D eigenvalue weighted by molar-refractivity contribution is 0.0120. The van der Waals surface area contributed by atoms with E-state index in [9.17, 15) is 4.79 Å². The largest absolute Gasteiger partial charge is 0.378 e. The molecule has 1 heterocycles. The highest BCUT2D eigenvalue weighted by Gasteiger charge is 2.21. The highest BCUT2D eigenvalue weighted by atomic mass is 16.5. The van der Waals surface area contributed by atoms with Crippen LogP contribution in [0, 0.1) is 0 Å². The molecule has 1 aliphatic heterocycles. The smallest absolute Gasteiger partial charge is 0.314 e. The average molecular weight is 271 g/mol. The number of nitrogens with one attached hydrogen (secondary N) is 2. The maximum atomic E-state index is 11.7. The van der Waals surface area contributed by atoms with Gasteiger partial charge in [0.15, 0.2) is 0 Å². The third kappa shape index (κ3) is 6.25. The molecule has 112 valence electrons. The van der Waals surface area contributed by atoms with Gasteiger partial charge in [-0.3, -0.25) is 0 Å². The number of ether oxygens (including phenoxy) is 1. The lowest BCUT2D eigenvalue weighted by Gasteiger charge is -2.32. The third-order valence-corrected chi connectivity index (χ3v) is 3.92. The fourth-order valence-electron chi connectivity index (χ4n) is 1.90. The van der Waals surface area contributed by atoms with Gasteiger partial charge in [-0.1, -0.05) is 0 Å². The molecule has 1 saturated heterocycles.